The zero-order valence-electron chi connectivity index (χ0n) is 11.1. The first kappa shape index (κ1) is 15.1. The summed E-state index contributed by atoms with van der Waals surface area (Å²) in [5.74, 6) is 0.591. The summed E-state index contributed by atoms with van der Waals surface area (Å²) in [5.41, 5.74) is 4.50. The molecule has 2 saturated heterocycles. The molecule has 0 aromatic heterocycles. The van der Waals surface area contributed by atoms with Crippen LogP contribution in [0.3, 0.4) is 0 Å². The van der Waals surface area contributed by atoms with Gasteiger partial charge in [-0.3, -0.25) is 4.79 Å². The number of amides is 1. The van der Waals surface area contributed by atoms with Gasteiger partial charge >= 0.3 is 0 Å². The molecule has 104 valence electrons. The van der Waals surface area contributed by atoms with Gasteiger partial charge < -0.3 is 20.2 Å². The normalized spacial score (nSPS) is 22.0. The van der Waals surface area contributed by atoms with Crippen LogP contribution in [-0.4, -0.2) is 50.4 Å². The minimum atomic E-state index is 0.154. The van der Waals surface area contributed by atoms with Gasteiger partial charge in [0.1, 0.15) is 6.29 Å². The Hall–Kier alpha value is -0.940. The van der Waals surface area contributed by atoms with E-state index in [4.69, 9.17) is 4.74 Å². The van der Waals surface area contributed by atoms with Gasteiger partial charge in [-0.05, 0) is 32.7 Å². The molecule has 0 spiro atoms. The topological polar surface area (TPSA) is 72.6 Å². The maximum absolute atomic E-state index is 12.1. The molecule has 18 heavy (non-hydrogen) atoms. The summed E-state index contributed by atoms with van der Waals surface area (Å²) >= 11 is 0. The molecule has 0 atom stereocenters. The molecule has 2 fully saturated rings. The van der Waals surface area contributed by atoms with Crippen LogP contribution in [0, 0.1) is 11.8 Å². The van der Waals surface area contributed by atoms with E-state index < -0.39 is 0 Å². The molecule has 0 radical (unpaired) electrons. The predicted octanol–water partition coefficient (Wildman–Crippen LogP) is 0.425. The molecule has 2 N–H and O–H groups in total. The van der Waals surface area contributed by atoms with Gasteiger partial charge in [0.25, 0.3) is 0 Å². The molecule has 0 unspecified atom stereocenters. The minimum Gasteiger partial charge on any atom is -0.381 e. The van der Waals surface area contributed by atoms with Gasteiger partial charge in [0, 0.05) is 38.1 Å². The number of ether oxygens (including phenoxy) is 1. The molecular weight excluding hydrogens is 232 g/mol. The van der Waals surface area contributed by atoms with E-state index in [0.717, 1.165) is 45.1 Å². The van der Waals surface area contributed by atoms with E-state index in [2.05, 4.69) is 5.73 Å². The summed E-state index contributed by atoms with van der Waals surface area (Å²) in [6, 6.07) is 0. The Kier molecular flexibility index (Phi) is 6.90. The molecule has 0 saturated carbocycles. The number of aldehydes is 1. The fourth-order valence-electron chi connectivity index (χ4n) is 2.46. The van der Waals surface area contributed by atoms with Crippen molar-refractivity contribution in [2.45, 2.75) is 25.7 Å². The van der Waals surface area contributed by atoms with Crippen molar-refractivity contribution in [1.29, 1.82) is 0 Å². The highest BCUT2D eigenvalue weighted by Crippen LogP contribution is 2.21. The van der Waals surface area contributed by atoms with E-state index in [1.54, 1.807) is 0 Å². The average molecular weight is 256 g/mol. The van der Waals surface area contributed by atoms with Crippen LogP contribution in [-0.2, 0) is 14.3 Å². The Bertz CT molecular complexity index is 257. The van der Waals surface area contributed by atoms with Crippen LogP contribution < -0.4 is 5.73 Å². The van der Waals surface area contributed by atoms with Crippen molar-refractivity contribution >= 4 is 12.2 Å². The smallest absolute Gasteiger partial charge is 0.225 e. The summed E-state index contributed by atoms with van der Waals surface area (Å²) in [5, 5.41) is 0. The molecule has 5 nitrogen and oxygen atoms in total. The Balaban J connectivity index is 0.000000771. The summed E-state index contributed by atoms with van der Waals surface area (Å²) in [7, 11) is 1.50. The van der Waals surface area contributed by atoms with E-state index in [9.17, 15) is 9.59 Å². The lowest BCUT2D eigenvalue weighted by Gasteiger charge is -2.33. The summed E-state index contributed by atoms with van der Waals surface area (Å²) in [6.07, 6.45) is 4.39. The molecule has 0 aromatic carbocycles. The molecule has 0 bridgehead atoms. The quantitative estimate of drug-likeness (QED) is 0.727. The van der Waals surface area contributed by atoms with Gasteiger partial charge in [0.05, 0.1) is 0 Å². The molecule has 0 aliphatic carbocycles. The van der Waals surface area contributed by atoms with Gasteiger partial charge in [-0.2, -0.15) is 0 Å². The van der Waals surface area contributed by atoms with Crippen LogP contribution in [0.1, 0.15) is 25.7 Å². The summed E-state index contributed by atoms with van der Waals surface area (Å²) in [4.78, 5) is 24.7. The first-order chi connectivity index (χ1) is 8.81. The predicted molar refractivity (Wildman–Crippen MR) is 69.0 cm³/mol. The van der Waals surface area contributed by atoms with Gasteiger partial charge in [0.2, 0.25) is 5.91 Å². The van der Waals surface area contributed by atoms with Crippen LogP contribution >= 0.6 is 0 Å². The van der Waals surface area contributed by atoms with Gasteiger partial charge in [-0.25, -0.2) is 0 Å². The maximum atomic E-state index is 12.1. The zero-order chi connectivity index (χ0) is 13.4. The number of carbonyl (C=O) groups excluding carboxylic acids is 2. The van der Waals surface area contributed by atoms with Crippen molar-refractivity contribution in [3.05, 3.63) is 0 Å². The molecule has 2 aliphatic heterocycles. The van der Waals surface area contributed by atoms with Crippen molar-refractivity contribution in [2.75, 3.05) is 33.4 Å². The lowest BCUT2D eigenvalue weighted by atomic mass is 9.94. The molecule has 5 heteroatoms. The molecular formula is C13H24N2O3. The third-order valence-electron chi connectivity index (χ3n) is 3.61. The molecule has 2 aliphatic rings. The van der Waals surface area contributed by atoms with E-state index in [1.165, 1.54) is 7.05 Å². The highest BCUT2D eigenvalue weighted by molar-refractivity contribution is 5.79. The number of nitrogens with zero attached hydrogens (tertiary/aromatic N) is 1. The third kappa shape index (κ3) is 4.07. The van der Waals surface area contributed by atoms with E-state index >= 15 is 0 Å². The number of carbonyl (C=O) groups is 2. The van der Waals surface area contributed by atoms with Crippen LogP contribution in [0.2, 0.25) is 0 Å². The fraction of sp³-hybridized carbons (Fsp3) is 0.846. The standard InChI is InChI=1S/C12H19NO3.CH5N/c14-9-10-1-5-13(6-2-10)12(15)11-3-7-16-8-4-11;1-2/h9-11H,1-8H2;2H2,1H3. The molecule has 2 heterocycles. The summed E-state index contributed by atoms with van der Waals surface area (Å²) in [6.45, 7) is 2.92. The number of piperidine rings is 1. The monoisotopic (exact) mass is 256 g/mol. The van der Waals surface area contributed by atoms with Crippen molar-refractivity contribution in [3.8, 4) is 0 Å². The zero-order valence-corrected chi connectivity index (χ0v) is 11.1. The first-order valence-corrected chi connectivity index (χ1v) is 6.71. The minimum absolute atomic E-state index is 0.154. The number of hydrogen-bond acceptors (Lipinski definition) is 4. The second-order valence-corrected chi connectivity index (χ2v) is 4.69. The lowest BCUT2D eigenvalue weighted by molar-refractivity contribution is -0.140. The van der Waals surface area contributed by atoms with Crippen molar-refractivity contribution in [2.24, 2.45) is 17.6 Å². The van der Waals surface area contributed by atoms with E-state index in [-0.39, 0.29) is 17.7 Å². The van der Waals surface area contributed by atoms with Crippen LogP contribution in [0.4, 0.5) is 0 Å². The van der Waals surface area contributed by atoms with E-state index in [1.807, 2.05) is 4.90 Å². The highest BCUT2D eigenvalue weighted by atomic mass is 16.5. The molecule has 2 rings (SSSR count). The number of likely N-dealkylation sites (tertiary alicyclic amines) is 1. The third-order valence-corrected chi connectivity index (χ3v) is 3.61. The van der Waals surface area contributed by atoms with Gasteiger partial charge in [-0.1, -0.05) is 0 Å². The van der Waals surface area contributed by atoms with Crippen LogP contribution in [0.15, 0.2) is 0 Å². The van der Waals surface area contributed by atoms with E-state index in [0.29, 0.717) is 13.2 Å². The van der Waals surface area contributed by atoms with Gasteiger partial charge in [0.15, 0.2) is 0 Å². The average Bonchev–Trinajstić information content (AvgIpc) is 2.49. The highest BCUT2D eigenvalue weighted by Gasteiger charge is 2.29. The Morgan fingerprint density at radius 3 is 2.22 bits per heavy atom. The first-order valence-electron chi connectivity index (χ1n) is 6.71. The lowest BCUT2D eigenvalue weighted by Crippen LogP contribution is -2.43. The second kappa shape index (κ2) is 8.21. The van der Waals surface area contributed by atoms with Crippen LogP contribution in [0.25, 0.3) is 0 Å². The van der Waals surface area contributed by atoms with Crippen molar-refractivity contribution in [3.63, 3.8) is 0 Å². The van der Waals surface area contributed by atoms with Gasteiger partial charge in [-0.15, -0.1) is 0 Å². The SMILES string of the molecule is CN.O=CC1CCN(C(=O)C2CCOCC2)CC1. The fourth-order valence-corrected chi connectivity index (χ4v) is 2.46. The van der Waals surface area contributed by atoms with Crippen molar-refractivity contribution < 1.29 is 14.3 Å². The maximum Gasteiger partial charge on any atom is 0.225 e. The van der Waals surface area contributed by atoms with Crippen LogP contribution in [0.5, 0.6) is 0 Å². The Labute approximate surface area is 109 Å². The summed E-state index contributed by atoms with van der Waals surface area (Å²) < 4.78 is 5.25. The number of rotatable bonds is 2. The largest absolute Gasteiger partial charge is 0.381 e. The number of hydrogen-bond donors (Lipinski definition) is 1. The second-order valence-electron chi connectivity index (χ2n) is 4.69. The number of nitrogens with two attached hydrogens (primary N) is 1. The molecule has 0 aromatic rings. The Morgan fingerprint density at radius 2 is 1.72 bits per heavy atom. The molecule has 1 amide bonds. The van der Waals surface area contributed by atoms with Crippen molar-refractivity contribution in [1.82, 2.24) is 4.90 Å². The Morgan fingerprint density at radius 1 is 1.17 bits per heavy atom.